The van der Waals surface area contributed by atoms with E-state index >= 15 is 0 Å². The molecule has 8 heteroatoms. The average Bonchev–Trinajstić information content (AvgIpc) is 2.34. The Kier molecular flexibility index (Phi) is 8.83. The minimum absolute atomic E-state index is 0.806. The van der Waals surface area contributed by atoms with E-state index in [1.54, 1.807) is 0 Å². The molecule has 3 heterocycles. The molecule has 3 fully saturated rings. The molecule has 0 saturated carbocycles. The molecule has 0 aliphatic carbocycles. The summed E-state index contributed by atoms with van der Waals surface area (Å²) in [6.07, 6.45) is 1.10. The monoisotopic (exact) mass is 401 g/mol. The number of nitrogens with one attached hydrogen (secondary N) is 1. The van der Waals surface area contributed by atoms with Gasteiger partial charge in [0.25, 0.3) is 0 Å². The topological polar surface area (TPSA) is 41.3 Å². The van der Waals surface area contributed by atoms with E-state index in [0.717, 1.165) is 26.1 Å². The third-order valence-electron chi connectivity index (χ3n) is 3.17. The minimum atomic E-state index is -1.77. The van der Waals surface area contributed by atoms with E-state index in [0.29, 0.717) is 0 Å². The summed E-state index contributed by atoms with van der Waals surface area (Å²) in [5, 5.41) is 3.52. The van der Waals surface area contributed by atoms with Crippen molar-refractivity contribution in [1.82, 2.24) is 10.2 Å². The van der Waals surface area contributed by atoms with Crippen molar-refractivity contribution in [3.63, 3.8) is 0 Å². The van der Waals surface area contributed by atoms with E-state index in [2.05, 4.69) is 50.6 Å². The Bertz CT molecular complexity index is 234. The van der Waals surface area contributed by atoms with Crippen LogP contribution in [0.3, 0.4) is 0 Å². The summed E-state index contributed by atoms with van der Waals surface area (Å²) in [5.74, 6) is 5.40. The van der Waals surface area contributed by atoms with E-state index < -0.39 is 8.70 Å². The molecule has 0 aromatic heterocycles. The zero-order chi connectivity index (χ0) is 13.4. The first-order valence-corrected chi connectivity index (χ1v) is 21.3. The van der Waals surface area contributed by atoms with Crippen molar-refractivity contribution in [3.05, 3.63) is 0 Å². The molecule has 112 valence electrons. The van der Waals surface area contributed by atoms with Gasteiger partial charge in [0.2, 0.25) is 0 Å². The fraction of sp³-hybridized carbons (Fsp3) is 1.00. The van der Waals surface area contributed by atoms with Crippen molar-refractivity contribution < 1.29 is 0 Å². The van der Waals surface area contributed by atoms with Crippen LogP contribution in [0.4, 0.5) is 0 Å². The van der Waals surface area contributed by atoms with Gasteiger partial charge in [-0.15, -0.1) is 0 Å². The summed E-state index contributed by atoms with van der Waals surface area (Å²) in [4.78, 5) is 2.65. The van der Waals surface area contributed by atoms with Gasteiger partial charge in [-0.1, -0.05) is 0 Å². The average molecular weight is 400 g/mol. The molecule has 0 amide bonds. The Labute approximate surface area is 133 Å². The van der Waals surface area contributed by atoms with E-state index in [1.807, 2.05) is 0 Å². The molecular weight excluding hydrogens is 375 g/mol. The summed E-state index contributed by atoms with van der Waals surface area (Å²) < 4.78 is 0. The van der Waals surface area contributed by atoms with Gasteiger partial charge in [0.15, 0.2) is 0 Å². The summed E-state index contributed by atoms with van der Waals surface area (Å²) >= 11 is 0. The number of nitrogens with zero attached hydrogens (tertiary/aromatic N) is 1. The van der Waals surface area contributed by atoms with Crippen molar-refractivity contribution >= 4 is 49.0 Å². The van der Waals surface area contributed by atoms with Crippen LogP contribution in [0, 0.1) is 0 Å². The molecule has 0 unspecified atom stereocenters. The molecule has 0 aromatic carbocycles. The maximum absolute atomic E-state index is 5.51. The summed E-state index contributed by atoms with van der Waals surface area (Å²) in [5.41, 5.74) is 5.51. The van der Waals surface area contributed by atoms with E-state index in [-0.39, 0.29) is 0 Å². The molecular formula is C11H25GeN3S4. The van der Waals surface area contributed by atoms with Crippen molar-refractivity contribution in [3.8, 4) is 0 Å². The molecule has 3 saturated heterocycles. The first-order valence-electron chi connectivity index (χ1n) is 7.04. The molecule has 3 aliphatic rings. The van der Waals surface area contributed by atoms with Gasteiger partial charge in [0, 0.05) is 0 Å². The van der Waals surface area contributed by atoms with Gasteiger partial charge in [-0.2, -0.15) is 0 Å². The van der Waals surface area contributed by atoms with Crippen LogP contribution in [0.15, 0.2) is 0 Å². The van der Waals surface area contributed by atoms with Crippen LogP contribution >= 0.6 is 40.3 Å². The van der Waals surface area contributed by atoms with Gasteiger partial charge in [0.1, 0.15) is 0 Å². The first kappa shape index (κ1) is 17.2. The Morgan fingerprint density at radius 2 is 1.68 bits per heavy atom. The molecule has 0 spiro atoms. The normalized spacial score (nSPS) is 31.7. The molecule has 3 aliphatic heterocycles. The number of rotatable bonds is 7. The number of hydrogen-bond donors (Lipinski definition) is 2. The van der Waals surface area contributed by atoms with Crippen LogP contribution in [0.5, 0.6) is 0 Å². The predicted molar refractivity (Wildman–Crippen MR) is 98.6 cm³/mol. The van der Waals surface area contributed by atoms with Gasteiger partial charge in [-0.25, -0.2) is 0 Å². The third-order valence-corrected chi connectivity index (χ3v) is 42.2. The Balaban J connectivity index is 1.72. The molecule has 3 rings (SSSR count). The predicted octanol–water partition coefficient (Wildman–Crippen LogP) is 1.62. The number of nitrogens with two attached hydrogens (primary N) is 1. The summed E-state index contributed by atoms with van der Waals surface area (Å²) in [6, 6.07) is 0. The molecule has 0 aromatic rings. The Hall–Kier alpha value is 1.82. The van der Waals surface area contributed by atoms with Crippen molar-refractivity contribution in [1.29, 1.82) is 0 Å². The quantitative estimate of drug-likeness (QED) is 0.498. The van der Waals surface area contributed by atoms with Gasteiger partial charge in [0.05, 0.1) is 0 Å². The molecule has 2 bridgehead atoms. The van der Waals surface area contributed by atoms with Crippen LogP contribution in [-0.4, -0.2) is 75.9 Å². The zero-order valence-electron chi connectivity index (χ0n) is 11.4. The Morgan fingerprint density at radius 1 is 1.05 bits per heavy atom. The van der Waals surface area contributed by atoms with Crippen LogP contribution in [-0.2, 0) is 0 Å². The van der Waals surface area contributed by atoms with Crippen LogP contribution < -0.4 is 11.1 Å². The van der Waals surface area contributed by atoms with Crippen LogP contribution in [0.1, 0.15) is 6.42 Å². The van der Waals surface area contributed by atoms with Crippen LogP contribution in [0.25, 0.3) is 0 Å². The van der Waals surface area contributed by atoms with Crippen molar-refractivity contribution in [2.45, 2.75) is 6.42 Å². The first-order chi connectivity index (χ1) is 9.35. The summed E-state index contributed by atoms with van der Waals surface area (Å²) in [6.45, 7) is 7.03. The molecule has 0 atom stereocenters. The molecule has 3 N–H and O–H groups in total. The second kappa shape index (κ2) is 9.76. The van der Waals surface area contributed by atoms with E-state index in [1.165, 1.54) is 42.6 Å². The van der Waals surface area contributed by atoms with Gasteiger partial charge in [-0.05, 0) is 0 Å². The zero-order valence-corrected chi connectivity index (χ0v) is 16.8. The summed E-state index contributed by atoms with van der Waals surface area (Å²) in [7, 11) is 7.63. The molecule has 0 radical (unpaired) electrons. The van der Waals surface area contributed by atoms with Gasteiger partial charge in [-0.3, -0.25) is 0 Å². The maximum atomic E-state index is 5.51. The SMILES string of the molecule is NCCCNCC[S][Ge]12[S]CCN(CC[S]1)CC[S]2. The molecule has 19 heavy (non-hydrogen) atoms. The number of hydrogen-bond acceptors (Lipinski definition) is 7. The molecule has 3 nitrogen and oxygen atoms in total. The van der Waals surface area contributed by atoms with E-state index in [9.17, 15) is 0 Å². The number of fused-ring (bicyclic) bond motifs is 6. The standard InChI is InChI=1S/C11H25GeN3S4/c13-2-1-3-14-4-8-16-12-17-9-5-15(6-10-18-12)7-11-19-12/h14H,1-11,13H2. The second-order valence-electron chi connectivity index (χ2n) is 4.63. The Morgan fingerprint density at radius 3 is 2.26 bits per heavy atom. The van der Waals surface area contributed by atoms with Crippen molar-refractivity contribution in [2.75, 3.05) is 62.3 Å². The van der Waals surface area contributed by atoms with Crippen LogP contribution in [0.2, 0.25) is 0 Å². The second-order valence-corrected chi connectivity index (χ2v) is 37.6. The fourth-order valence-electron chi connectivity index (χ4n) is 2.08. The van der Waals surface area contributed by atoms with E-state index in [4.69, 9.17) is 5.73 Å². The third kappa shape index (κ3) is 6.22. The van der Waals surface area contributed by atoms with Gasteiger partial charge >= 0.3 is 134 Å². The van der Waals surface area contributed by atoms with Crippen molar-refractivity contribution in [2.24, 2.45) is 5.73 Å². The fourth-order valence-corrected chi connectivity index (χ4v) is 40.1. The van der Waals surface area contributed by atoms with Gasteiger partial charge < -0.3 is 0 Å².